The van der Waals surface area contributed by atoms with Crippen molar-refractivity contribution < 1.29 is 14.6 Å². The van der Waals surface area contributed by atoms with Crippen LogP contribution in [0.2, 0.25) is 0 Å². The summed E-state index contributed by atoms with van der Waals surface area (Å²) in [6.07, 6.45) is 3.66. The Morgan fingerprint density at radius 3 is 3.00 bits per heavy atom. The molecule has 1 aromatic rings. The van der Waals surface area contributed by atoms with Crippen LogP contribution in [0.4, 0.5) is 0 Å². The zero-order chi connectivity index (χ0) is 11.4. The van der Waals surface area contributed by atoms with E-state index in [4.69, 9.17) is 9.47 Å². The molecule has 1 aliphatic rings. The lowest BCUT2D eigenvalue weighted by Gasteiger charge is -2.08. The highest BCUT2D eigenvalue weighted by atomic mass is 16.7. The van der Waals surface area contributed by atoms with Crippen molar-refractivity contribution in [1.29, 1.82) is 0 Å². The zero-order valence-corrected chi connectivity index (χ0v) is 9.19. The first-order chi connectivity index (χ1) is 7.79. The second-order valence-electron chi connectivity index (χ2n) is 3.90. The molecule has 0 bridgehead atoms. The number of hydrogen-bond acceptors (Lipinski definition) is 3. The number of aryl methyl sites for hydroxylation is 1. The third-order valence-corrected chi connectivity index (χ3v) is 2.64. The maximum Gasteiger partial charge on any atom is 0.231 e. The highest BCUT2D eigenvalue weighted by Crippen LogP contribution is 2.32. The molecule has 1 N–H and O–H groups in total. The van der Waals surface area contributed by atoms with Crippen LogP contribution in [0.5, 0.6) is 11.5 Å². The molecule has 0 saturated carbocycles. The van der Waals surface area contributed by atoms with Gasteiger partial charge in [-0.2, -0.15) is 0 Å². The summed E-state index contributed by atoms with van der Waals surface area (Å²) in [6, 6.07) is 5.90. The Balaban J connectivity index is 1.92. The standard InChI is InChI=1S/C13H16O3/c1-2-3-11(14)6-4-10-5-7-12-13(8-10)16-9-15-12/h2,5,7-8,11,14H,1,3-4,6,9H2. The number of hydrogen-bond donors (Lipinski definition) is 1. The van der Waals surface area contributed by atoms with Gasteiger partial charge in [0, 0.05) is 0 Å². The van der Waals surface area contributed by atoms with Crippen molar-refractivity contribution in [2.75, 3.05) is 6.79 Å². The average molecular weight is 220 g/mol. The topological polar surface area (TPSA) is 38.7 Å². The van der Waals surface area contributed by atoms with Crippen molar-refractivity contribution >= 4 is 0 Å². The lowest BCUT2D eigenvalue weighted by atomic mass is 10.0. The number of rotatable bonds is 5. The maximum absolute atomic E-state index is 9.58. The molecule has 1 unspecified atom stereocenters. The van der Waals surface area contributed by atoms with Gasteiger partial charge in [0.25, 0.3) is 0 Å². The van der Waals surface area contributed by atoms with E-state index in [-0.39, 0.29) is 6.10 Å². The summed E-state index contributed by atoms with van der Waals surface area (Å²) in [7, 11) is 0. The molecule has 0 radical (unpaired) electrons. The van der Waals surface area contributed by atoms with Gasteiger partial charge >= 0.3 is 0 Å². The lowest BCUT2D eigenvalue weighted by Crippen LogP contribution is -2.06. The Morgan fingerprint density at radius 2 is 2.19 bits per heavy atom. The van der Waals surface area contributed by atoms with E-state index in [1.807, 2.05) is 18.2 Å². The molecule has 1 aromatic carbocycles. The fourth-order valence-corrected chi connectivity index (χ4v) is 1.74. The van der Waals surface area contributed by atoms with Crippen molar-refractivity contribution in [3.05, 3.63) is 36.4 Å². The molecule has 1 aliphatic heterocycles. The number of aliphatic hydroxyl groups excluding tert-OH is 1. The second kappa shape index (κ2) is 5.03. The van der Waals surface area contributed by atoms with Crippen LogP contribution >= 0.6 is 0 Å². The van der Waals surface area contributed by atoms with Crippen LogP contribution in [-0.4, -0.2) is 18.0 Å². The number of benzene rings is 1. The van der Waals surface area contributed by atoms with Gasteiger partial charge in [0.15, 0.2) is 11.5 Å². The number of fused-ring (bicyclic) bond motifs is 1. The fraction of sp³-hybridized carbons (Fsp3) is 0.385. The largest absolute Gasteiger partial charge is 0.454 e. The molecule has 2 rings (SSSR count). The quantitative estimate of drug-likeness (QED) is 0.774. The Hall–Kier alpha value is -1.48. The molecule has 0 fully saturated rings. The molecule has 16 heavy (non-hydrogen) atoms. The number of aliphatic hydroxyl groups is 1. The summed E-state index contributed by atoms with van der Waals surface area (Å²) in [6.45, 7) is 3.91. The molecule has 0 aromatic heterocycles. The monoisotopic (exact) mass is 220 g/mol. The Labute approximate surface area is 95.3 Å². The molecule has 1 atom stereocenters. The minimum atomic E-state index is -0.303. The second-order valence-corrected chi connectivity index (χ2v) is 3.90. The highest BCUT2D eigenvalue weighted by molar-refractivity contribution is 5.44. The van der Waals surface area contributed by atoms with Crippen LogP contribution in [-0.2, 0) is 6.42 Å². The Morgan fingerprint density at radius 1 is 1.38 bits per heavy atom. The summed E-state index contributed by atoms with van der Waals surface area (Å²) in [5, 5.41) is 9.58. The van der Waals surface area contributed by atoms with E-state index in [9.17, 15) is 5.11 Å². The van der Waals surface area contributed by atoms with Gasteiger partial charge in [-0.15, -0.1) is 6.58 Å². The van der Waals surface area contributed by atoms with Crippen molar-refractivity contribution in [2.24, 2.45) is 0 Å². The first-order valence-electron chi connectivity index (χ1n) is 5.47. The Kier molecular flexibility index (Phi) is 3.47. The van der Waals surface area contributed by atoms with Crippen molar-refractivity contribution in [3.8, 4) is 11.5 Å². The van der Waals surface area contributed by atoms with Crippen LogP contribution in [0.3, 0.4) is 0 Å². The summed E-state index contributed by atoms with van der Waals surface area (Å²) in [5.74, 6) is 1.60. The summed E-state index contributed by atoms with van der Waals surface area (Å²) in [4.78, 5) is 0. The van der Waals surface area contributed by atoms with Crippen LogP contribution in [0.15, 0.2) is 30.9 Å². The molecular weight excluding hydrogens is 204 g/mol. The molecule has 0 aliphatic carbocycles. The molecular formula is C13H16O3. The van der Waals surface area contributed by atoms with Crippen LogP contribution in [0.1, 0.15) is 18.4 Å². The molecule has 86 valence electrons. The summed E-state index contributed by atoms with van der Waals surface area (Å²) < 4.78 is 10.5. The van der Waals surface area contributed by atoms with Crippen LogP contribution in [0, 0.1) is 0 Å². The maximum atomic E-state index is 9.58. The summed E-state index contributed by atoms with van der Waals surface area (Å²) >= 11 is 0. The predicted octanol–water partition coefficient (Wildman–Crippen LogP) is 2.28. The third kappa shape index (κ3) is 2.55. The van der Waals surface area contributed by atoms with Gasteiger partial charge in [-0.25, -0.2) is 0 Å². The van der Waals surface area contributed by atoms with Gasteiger partial charge in [-0.05, 0) is 37.0 Å². The summed E-state index contributed by atoms with van der Waals surface area (Å²) in [5.41, 5.74) is 1.16. The van der Waals surface area contributed by atoms with E-state index in [0.717, 1.165) is 29.9 Å². The highest BCUT2D eigenvalue weighted by Gasteiger charge is 2.13. The van der Waals surface area contributed by atoms with Crippen LogP contribution < -0.4 is 9.47 Å². The smallest absolute Gasteiger partial charge is 0.231 e. The van der Waals surface area contributed by atoms with Gasteiger partial charge in [-0.1, -0.05) is 12.1 Å². The number of ether oxygens (including phenoxy) is 2. The molecule has 3 heteroatoms. The minimum Gasteiger partial charge on any atom is -0.454 e. The van der Waals surface area contributed by atoms with E-state index >= 15 is 0 Å². The average Bonchev–Trinajstić information content (AvgIpc) is 2.74. The minimum absolute atomic E-state index is 0.303. The first kappa shape index (κ1) is 11.0. The Bertz CT molecular complexity index is 373. The lowest BCUT2D eigenvalue weighted by molar-refractivity contribution is 0.168. The molecule has 0 spiro atoms. The first-order valence-corrected chi connectivity index (χ1v) is 5.47. The van der Waals surface area contributed by atoms with Gasteiger partial charge in [-0.3, -0.25) is 0 Å². The molecule has 3 nitrogen and oxygen atoms in total. The zero-order valence-electron chi connectivity index (χ0n) is 9.19. The van der Waals surface area contributed by atoms with Gasteiger partial charge in [0.1, 0.15) is 0 Å². The fourth-order valence-electron chi connectivity index (χ4n) is 1.74. The van der Waals surface area contributed by atoms with Gasteiger partial charge in [0.05, 0.1) is 6.10 Å². The SMILES string of the molecule is C=CCC(O)CCc1ccc2c(c1)OCO2. The molecule has 1 heterocycles. The van der Waals surface area contributed by atoms with Crippen molar-refractivity contribution in [3.63, 3.8) is 0 Å². The van der Waals surface area contributed by atoms with Crippen molar-refractivity contribution in [2.45, 2.75) is 25.4 Å². The van der Waals surface area contributed by atoms with Gasteiger partial charge < -0.3 is 14.6 Å². The van der Waals surface area contributed by atoms with E-state index < -0.39 is 0 Å². The van der Waals surface area contributed by atoms with Gasteiger partial charge in [0.2, 0.25) is 6.79 Å². The van der Waals surface area contributed by atoms with Crippen molar-refractivity contribution in [1.82, 2.24) is 0 Å². The van der Waals surface area contributed by atoms with Crippen LogP contribution in [0.25, 0.3) is 0 Å². The van der Waals surface area contributed by atoms with E-state index in [0.29, 0.717) is 13.2 Å². The van der Waals surface area contributed by atoms with E-state index in [1.54, 1.807) is 6.08 Å². The molecule has 0 amide bonds. The normalized spacial score (nSPS) is 14.8. The van der Waals surface area contributed by atoms with E-state index in [1.165, 1.54) is 0 Å². The molecule has 0 saturated heterocycles. The third-order valence-electron chi connectivity index (χ3n) is 2.64. The predicted molar refractivity (Wildman–Crippen MR) is 61.7 cm³/mol. The van der Waals surface area contributed by atoms with E-state index in [2.05, 4.69) is 6.58 Å².